The van der Waals surface area contributed by atoms with Gasteiger partial charge in [-0.3, -0.25) is 14.2 Å². The molecule has 2 N–H and O–H groups in total. The van der Waals surface area contributed by atoms with Crippen LogP contribution in [0, 0.1) is 5.92 Å². The third-order valence-corrected chi connectivity index (χ3v) is 16.7. The van der Waals surface area contributed by atoms with Crippen LogP contribution in [0.3, 0.4) is 0 Å². The average molecular weight is 542 g/mol. The number of Topliss-reactive ketones (excluding diaryl/α,β-unsaturated/α-hetero) is 1. The van der Waals surface area contributed by atoms with E-state index in [1.165, 1.54) is 19.2 Å². The topological polar surface area (TPSA) is 129 Å². The van der Waals surface area contributed by atoms with Crippen molar-refractivity contribution in [2.24, 2.45) is 5.92 Å². The fraction of sp³-hybridized carbons (Fsp3) is 0.750. The summed E-state index contributed by atoms with van der Waals surface area (Å²) in [5.74, 6) is -1.02. The van der Waals surface area contributed by atoms with Gasteiger partial charge in [0.15, 0.2) is 12.0 Å². The maximum Gasteiger partial charge on any atom is 0.352 e. The Morgan fingerprint density at radius 2 is 1.67 bits per heavy atom. The van der Waals surface area contributed by atoms with Gasteiger partial charge in [0.2, 0.25) is 5.91 Å². The fourth-order valence-corrected chi connectivity index (χ4v) is 14.4. The van der Waals surface area contributed by atoms with Crippen molar-refractivity contribution >= 4 is 34.6 Å². The number of carbonyl (C=O) groups is 2. The minimum Gasteiger partial charge on any atom is -0.414 e. The van der Waals surface area contributed by atoms with Gasteiger partial charge in [0.1, 0.15) is 5.82 Å². The molecule has 0 aliphatic carbocycles. The van der Waals surface area contributed by atoms with Gasteiger partial charge >= 0.3 is 22.8 Å². The van der Waals surface area contributed by atoms with E-state index in [0.717, 1.165) is 4.57 Å². The standard InChI is InChI=1S/C24H43N3O7Si2/c1-14(2)35(31,15(3)4)34-36(16(5)6,17(7)8)32-13-20-18(9)22(29)23(33-20)27-12-11-21(25-19(10)28)26-24(27)30/h11-12,14-18,20,23,31H,13H2,1-10H3,(H,25,26,28,30)/t18?,20-,23-/m1/s1. The van der Waals surface area contributed by atoms with Crippen LogP contribution in [0.4, 0.5) is 5.82 Å². The first-order chi connectivity index (χ1) is 16.6. The average Bonchev–Trinajstić information content (AvgIpc) is 3.03. The Morgan fingerprint density at radius 3 is 2.11 bits per heavy atom. The highest BCUT2D eigenvalue weighted by Gasteiger charge is 2.55. The molecule has 36 heavy (non-hydrogen) atoms. The van der Waals surface area contributed by atoms with Crippen LogP contribution in [0.25, 0.3) is 0 Å². The summed E-state index contributed by atoms with van der Waals surface area (Å²) >= 11 is 0. The van der Waals surface area contributed by atoms with E-state index in [4.69, 9.17) is 13.3 Å². The van der Waals surface area contributed by atoms with Crippen molar-refractivity contribution in [1.29, 1.82) is 0 Å². The van der Waals surface area contributed by atoms with Gasteiger partial charge < -0.3 is 23.4 Å². The smallest absolute Gasteiger partial charge is 0.352 e. The number of ether oxygens (including phenoxy) is 1. The van der Waals surface area contributed by atoms with Gasteiger partial charge in [-0.05, 0) is 28.2 Å². The molecule has 12 heteroatoms. The van der Waals surface area contributed by atoms with Gasteiger partial charge in [0.05, 0.1) is 12.7 Å². The Balaban J connectivity index is 2.29. The Morgan fingerprint density at radius 1 is 1.11 bits per heavy atom. The molecule has 0 bridgehead atoms. The second-order valence-electron chi connectivity index (χ2n) is 10.9. The number of hydrogen-bond acceptors (Lipinski definition) is 8. The maximum atomic E-state index is 13.0. The zero-order valence-corrected chi connectivity index (χ0v) is 25.2. The van der Waals surface area contributed by atoms with Crippen LogP contribution in [0.2, 0.25) is 22.2 Å². The van der Waals surface area contributed by atoms with Gasteiger partial charge in [0, 0.05) is 19.0 Å². The molecule has 2 rings (SSSR count). The summed E-state index contributed by atoms with van der Waals surface area (Å²) in [7, 11) is -6.08. The van der Waals surface area contributed by atoms with Gasteiger partial charge in [-0.1, -0.05) is 62.3 Å². The number of nitrogens with one attached hydrogen (secondary N) is 1. The lowest BCUT2D eigenvalue weighted by Gasteiger charge is -2.46. The fourth-order valence-electron chi connectivity index (χ4n) is 4.62. The van der Waals surface area contributed by atoms with E-state index in [9.17, 15) is 19.2 Å². The van der Waals surface area contributed by atoms with E-state index in [1.54, 1.807) is 6.92 Å². The Bertz CT molecular complexity index is 980. The third kappa shape index (κ3) is 6.22. The highest BCUT2D eigenvalue weighted by Crippen LogP contribution is 2.43. The number of aromatic nitrogens is 2. The highest BCUT2D eigenvalue weighted by atomic mass is 28.5. The number of ketones is 1. The molecule has 1 unspecified atom stereocenters. The molecule has 2 heterocycles. The van der Waals surface area contributed by atoms with Crippen molar-refractivity contribution in [2.75, 3.05) is 11.9 Å². The molecule has 0 radical (unpaired) electrons. The van der Waals surface area contributed by atoms with Gasteiger partial charge in [-0.15, -0.1) is 0 Å². The molecule has 0 aromatic carbocycles. The van der Waals surface area contributed by atoms with Crippen molar-refractivity contribution in [3.05, 3.63) is 22.7 Å². The largest absolute Gasteiger partial charge is 0.414 e. The van der Waals surface area contributed by atoms with E-state index in [1.807, 2.05) is 27.7 Å². The van der Waals surface area contributed by atoms with Crippen LogP contribution in [-0.2, 0) is 22.9 Å². The van der Waals surface area contributed by atoms with Crippen molar-refractivity contribution in [2.45, 2.75) is 104 Å². The molecule has 1 aromatic heterocycles. The molecule has 1 amide bonds. The maximum absolute atomic E-state index is 13.0. The van der Waals surface area contributed by atoms with E-state index in [-0.39, 0.29) is 46.3 Å². The zero-order chi connectivity index (χ0) is 27.6. The molecule has 1 fully saturated rings. The lowest BCUT2D eigenvalue weighted by Crippen LogP contribution is -2.60. The summed E-state index contributed by atoms with van der Waals surface area (Å²) in [6, 6.07) is 1.44. The summed E-state index contributed by atoms with van der Waals surface area (Å²) in [5.41, 5.74) is -0.638. The van der Waals surface area contributed by atoms with Gasteiger partial charge in [-0.2, -0.15) is 4.98 Å². The lowest BCUT2D eigenvalue weighted by molar-refractivity contribution is -0.128. The summed E-state index contributed by atoms with van der Waals surface area (Å²) in [4.78, 5) is 52.2. The van der Waals surface area contributed by atoms with E-state index < -0.39 is 41.1 Å². The third-order valence-electron chi connectivity index (χ3n) is 7.00. The number of nitrogens with zero attached hydrogens (tertiary/aromatic N) is 2. The molecular formula is C24H43N3O7Si2. The molecule has 1 aliphatic heterocycles. The normalized spacial score (nSPS) is 21.3. The SMILES string of the molecule is CC(=O)Nc1ccn([C@@H]2O[C@H](CO[Si](O[Si](O)(C(C)C)C(C)C)(C(C)C)C(C)C)C(C)C2=O)c(=O)n1. The first-order valence-electron chi connectivity index (χ1n) is 12.7. The van der Waals surface area contributed by atoms with Crippen molar-refractivity contribution in [3.8, 4) is 0 Å². The van der Waals surface area contributed by atoms with Crippen LogP contribution in [0.5, 0.6) is 0 Å². The van der Waals surface area contributed by atoms with Crippen molar-refractivity contribution in [1.82, 2.24) is 9.55 Å². The van der Waals surface area contributed by atoms with Crippen molar-refractivity contribution in [3.63, 3.8) is 0 Å². The van der Waals surface area contributed by atoms with Crippen LogP contribution in [0.15, 0.2) is 17.1 Å². The monoisotopic (exact) mass is 541 g/mol. The van der Waals surface area contributed by atoms with E-state index >= 15 is 0 Å². The predicted molar refractivity (Wildman–Crippen MR) is 142 cm³/mol. The first-order valence-corrected chi connectivity index (χ1v) is 16.7. The van der Waals surface area contributed by atoms with Gasteiger partial charge in [0.25, 0.3) is 0 Å². The number of amides is 1. The molecule has 0 spiro atoms. The van der Waals surface area contributed by atoms with Crippen molar-refractivity contribution < 1.29 is 27.7 Å². The minimum atomic E-state index is -3.12. The molecule has 1 aromatic rings. The minimum absolute atomic E-state index is 0.0158. The van der Waals surface area contributed by atoms with E-state index in [0.29, 0.717) is 0 Å². The second-order valence-corrected chi connectivity index (χ2v) is 19.6. The number of carbonyl (C=O) groups excluding carboxylic acids is 2. The highest BCUT2D eigenvalue weighted by molar-refractivity contribution is 6.83. The summed E-state index contributed by atoms with van der Waals surface area (Å²) in [6.45, 7) is 19.3. The van der Waals surface area contributed by atoms with Crippen LogP contribution >= 0.6 is 0 Å². The van der Waals surface area contributed by atoms with Crippen LogP contribution < -0.4 is 11.0 Å². The second kappa shape index (κ2) is 11.8. The quantitative estimate of drug-likeness (QED) is 0.404. The number of anilines is 1. The molecule has 1 aliphatic rings. The lowest BCUT2D eigenvalue weighted by atomic mass is 10.0. The number of hydrogen-bond donors (Lipinski definition) is 2. The summed E-state index contributed by atoms with van der Waals surface area (Å²) < 4.78 is 20.5. The summed E-state index contributed by atoms with van der Waals surface area (Å²) in [5, 5.41) is 2.45. The van der Waals surface area contributed by atoms with Crippen LogP contribution in [-0.4, -0.2) is 55.9 Å². The number of rotatable bonds is 11. The predicted octanol–water partition coefficient (Wildman–Crippen LogP) is 3.85. The van der Waals surface area contributed by atoms with Crippen LogP contribution in [0.1, 0.15) is 75.5 Å². The van der Waals surface area contributed by atoms with Gasteiger partial charge in [-0.25, -0.2) is 4.79 Å². The molecular weight excluding hydrogens is 498 g/mol. The molecule has 10 nitrogen and oxygen atoms in total. The molecule has 0 saturated carbocycles. The molecule has 204 valence electrons. The molecule has 3 atom stereocenters. The summed E-state index contributed by atoms with van der Waals surface area (Å²) in [6.07, 6.45) is -0.335. The Hall–Kier alpha value is -1.71. The Labute approximate surface area is 216 Å². The van der Waals surface area contributed by atoms with E-state index in [2.05, 4.69) is 38.0 Å². The molecule has 1 saturated heterocycles. The Kier molecular flexibility index (Phi) is 9.98. The zero-order valence-electron chi connectivity index (χ0n) is 23.2. The first kappa shape index (κ1) is 30.5.